The van der Waals surface area contributed by atoms with Crippen LogP contribution in [0.2, 0.25) is 0 Å². The minimum absolute atomic E-state index is 0.0283. The molecule has 2 amide bonds. The molecule has 31 heavy (non-hydrogen) atoms. The Morgan fingerprint density at radius 1 is 1.19 bits per heavy atom. The Hall–Kier alpha value is -2.55. The van der Waals surface area contributed by atoms with Crippen molar-refractivity contribution in [3.05, 3.63) is 53.2 Å². The van der Waals surface area contributed by atoms with Gasteiger partial charge in [-0.2, -0.15) is 13.2 Å². The molecule has 0 aliphatic carbocycles. The number of nitrogens with zero attached hydrogens (tertiary/aromatic N) is 2. The number of benzene rings is 1. The van der Waals surface area contributed by atoms with Crippen LogP contribution in [0.1, 0.15) is 37.0 Å². The zero-order valence-corrected chi connectivity index (χ0v) is 18.7. The van der Waals surface area contributed by atoms with Crippen LogP contribution in [0, 0.1) is 13.8 Å². The summed E-state index contributed by atoms with van der Waals surface area (Å²) in [4.78, 5) is 30.6. The lowest BCUT2D eigenvalue weighted by Gasteiger charge is -2.28. The van der Waals surface area contributed by atoms with Gasteiger partial charge in [-0.05, 0) is 56.5 Å². The summed E-state index contributed by atoms with van der Waals surface area (Å²) >= 11 is 1.04. The first-order valence-electron chi connectivity index (χ1n) is 9.84. The molecule has 1 aromatic carbocycles. The van der Waals surface area contributed by atoms with Crippen LogP contribution in [0.25, 0.3) is 0 Å². The lowest BCUT2D eigenvalue weighted by Crippen LogP contribution is -2.44. The lowest BCUT2D eigenvalue weighted by molar-refractivity contribution is -0.138. The number of amides is 2. The fourth-order valence-electron chi connectivity index (χ4n) is 2.79. The molecule has 9 heteroatoms. The molecule has 1 atom stereocenters. The molecule has 0 saturated carbocycles. The van der Waals surface area contributed by atoms with Crippen molar-refractivity contribution in [2.45, 2.75) is 51.4 Å². The van der Waals surface area contributed by atoms with Crippen molar-refractivity contribution in [2.24, 2.45) is 0 Å². The Balaban J connectivity index is 2.01. The minimum atomic E-state index is -4.46. The Morgan fingerprint density at radius 3 is 2.48 bits per heavy atom. The molecular formula is C22H26F3N3O2S. The van der Waals surface area contributed by atoms with Crippen LogP contribution >= 0.6 is 11.8 Å². The number of alkyl halides is 3. The van der Waals surface area contributed by atoms with Crippen LogP contribution in [-0.2, 0) is 15.8 Å². The van der Waals surface area contributed by atoms with Gasteiger partial charge in [0.2, 0.25) is 11.8 Å². The standard InChI is InChI=1S/C22H26F3N3O2S/c1-5-15(3)28(12-19(29)27-18-8-6-7-14(2)16(18)4)21(30)13-31-20-10-9-17(11-26-20)22(23,24)25/h6-11,15H,5,12-13H2,1-4H3,(H,27,29)/t15-/m0/s1. The van der Waals surface area contributed by atoms with E-state index in [4.69, 9.17) is 0 Å². The first kappa shape index (κ1) is 24.7. The second kappa shape index (κ2) is 10.7. The second-order valence-electron chi connectivity index (χ2n) is 7.25. The zero-order chi connectivity index (χ0) is 23.2. The minimum Gasteiger partial charge on any atom is -0.330 e. The SMILES string of the molecule is CC[C@H](C)N(CC(=O)Nc1cccc(C)c1C)C(=O)CSc1ccc(C(F)(F)F)cn1. The van der Waals surface area contributed by atoms with Crippen molar-refractivity contribution in [2.75, 3.05) is 17.6 Å². The molecule has 2 rings (SSSR count). The largest absolute Gasteiger partial charge is 0.417 e. The van der Waals surface area contributed by atoms with E-state index in [9.17, 15) is 22.8 Å². The molecule has 168 valence electrons. The van der Waals surface area contributed by atoms with Gasteiger partial charge in [0.05, 0.1) is 16.3 Å². The number of nitrogens with one attached hydrogen (secondary N) is 1. The first-order valence-corrected chi connectivity index (χ1v) is 10.8. The van der Waals surface area contributed by atoms with Crippen LogP contribution in [0.3, 0.4) is 0 Å². The van der Waals surface area contributed by atoms with E-state index >= 15 is 0 Å². The molecule has 1 heterocycles. The maximum absolute atomic E-state index is 12.8. The molecule has 0 aliphatic heterocycles. The zero-order valence-electron chi connectivity index (χ0n) is 17.9. The van der Waals surface area contributed by atoms with E-state index in [2.05, 4.69) is 10.3 Å². The number of thioether (sulfide) groups is 1. The number of aryl methyl sites for hydroxylation is 1. The quantitative estimate of drug-likeness (QED) is 0.567. The summed E-state index contributed by atoms with van der Waals surface area (Å²) in [5.74, 6) is -0.614. The molecule has 2 aromatic rings. The fourth-order valence-corrected chi connectivity index (χ4v) is 3.52. The number of hydrogen-bond donors (Lipinski definition) is 1. The van der Waals surface area contributed by atoms with E-state index in [-0.39, 0.29) is 30.2 Å². The molecule has 0 radical (unpaired) electrons. The third kappa shape index (κ3) is 6.99. The van der Waals surface area contributed by atoms with Crippen LogP contribution in [-0.4, -0.2) is 40.0 Å². The first-order chi connectivity index (χ1) is 14.5. The van der Waals surface area contributed by atoms with Crippen LogP contribution < -0.4 is 5.32 Å². The van der Waals surface area contributed by atoms with Gasteiger partial charge in [0.15, 0.2) is 0 Å². The van der Waals surface area contributed by atoms with Crippen molar-refractivity contribution in [1.82, 2.24) is 9.88 Å². The van der Waals surface area contributed by atoms with Gasteiger partial charge in [0.1, 0.15) is 6.54 Å². The molecule has 0 bridgehead atoms. The van der Waals surface area contributed by atoms with Crippen LogP contribution in [0.5, 0.6) is 0 Å². The smallest absolute Gasteiger partial charge is 0.330 e. The number of carbonyl (C=O) groups is 2. The van der Waals surface area contributed by atoms with Crippen LogP contribution in [0.15, 0.2) is 41.6 Å². The van der Waals surface area contributed by atoms with E-state index < -0.39 is 11.7 Å². The van der Waals surface area contributed by atoms with Gasteiger partial charge >= 0.3 is 6.18 Å². The van der Waals surface area contributed by atoms with Gasteiger partial charge < -0.3 is 10.2 Å². The third-order valence-electron chi connectivity index (χ3n) is 5.04. The molecule has 0 spiro atoms. The molecular weight excluding hydrogens is 427 g/mol. The van der Waals surface area contributed by atoms with Crippen molar-refractivity contribution in [1.29, 1.82) is 0 Å². The number of pyridine rings is 1. The summed E-state index contributed by atoms with van der Waals surface area (Å²) in [6, 6.07) is 7.61. The Labute approximate surface area is 184 Å². The average Bonchev–Trinajstić information content (AvgIpc) is 2.72. The summed E-state index contributed by atoms with van der Waals surface area (Å²) in [7, 11) is 0. The van der Waals surface area contributed by atoms with Gasteiger partial charge in [-0.3, -0.25) is 9.59 Å². The average molecular weight is 454 g/mol. The Morgan fingerprint density at radius 2 is 1.90 bits per heavy atom. The maximum Gasteiger partial charge on any atom is 0.417 e. The number of aromatic nitrogens is 1. The maximum atomic E-state index is 12.8. The predicted molar refractivity (Wildman–Crippen MR) is 116 cm³/mol. The van der Waals surface area contributed by atoms with E-state index in [0.29, 0.717) is 17.1 Å². The number of carbonyl (C=O) groups excluding carboxylic acids is 2. The van der Waals surface area contributed by atoms with Crippen molar-refractivity contribution in [3.63, 3.8) is 0 Å². The highest BCUT2D eigenvalue weighted by atomic mass is 32.2. The molecule has 5 nitrogen and oxygen atoms in total. The molecule has 0 saturated heterocycles. The number of rotatable bonds is 8. The molecule has 0 aliphatic rings. The summed E-state index contributed by atoms with van der Waals surface area (Å²) in [5, 5.41) is 3.16. The van der Waals surface area contributed by atoms with Crippen molar-refractivity contribution < 1.29 is 22.8 Å². The molecule has 1 aromatic heterocycles. The number of halogens is 3. The van der Waals surface area contributed by atoms with Gasteiger partial charge in [0.25, 0.3) is 0 Å². The van der Waals surface area contributed by atoms with Crippen molar-refractivity contribution >= 4 is 29.3 Å². The fraction of sp³-hybridized carbons (Fsp3) is 0.409. The molecule has 0 unspecified atom stereocenters. The highest BCUT2D eigenvalue weighted by molar-refractivity contribution is 7.99. The highest BCUT2D eigenvalue weighted by Gasteiger charge is 2.30. The van der Waals surface area contributed by atoms with Crippen molar-refractivity contribution in [3.8, 4) is 0 Å². The summed E-state index contributed by atoms with van der Waals surface area (Å²) in [6.45, 7) is 7.52. The van der Waals surface area contributed by atoms with E-state index in [1.165, 1.54) is 11.0 Å². The van der Waals surface area contributed by atoms with Gasteiger partial charge in [-0.25, -0.2) is 4.98 Å². The van der Waals surface area contributed by atoms with E-state index in [1.54, 1.807) is 0 Å². The van der Waals surface area contributed by atoms with E-state index in [1.807, 2.05) is 45.9 Å². The van der Waals surface area contributed by atoms with Crippen LogP contribution in [0.4, 0.5) is 18.9 Å². The number of hydrogen-bond acceptors (Lipinski definition) is 4. The van der Waals surface area contributed by atoms with Gasteiger partial charge in [-0.15, -0.1) is 0 Å². The summed E-state index contributed by atoms with van der Waals surface area (Å²) in [5.41, 5.74) is 1.87. The Bertz CT molecular complexity index is 917. The number of anilines is 1. The van der Waals surface area contributed by atoms with Gasteiger partial charge in [0, 0.05) is 17.9 Å². The third-order valence-corrected chi connectivity index (χ3v) is 5.97. The Kier molecular flexibility index (Phi) is 8.50. The predicted octanol–water partition coefficient (Wildman–Crippen LogP) is 5.08. The second-order valence-corrected chi connectivity index (χ2v) is 8.24. The lowest BCUT2D eigenvalue weighted by atomic mass is 10.1. The molecule has 1 N–H and O–H groups in total. The summed E-state index contributed by atoms with van der Waals surface area (Å²) < 4.78 is 37.9. The molecule has 0 fully saturated rings. The monoisotopic (exact) mass is 453 g/mol. The highest BCUT2D eigenvalue weighted by Crippen LogP contribution is 2.29. The van der Waals surface area contributed by atoms with Gasteiger partial charge in [-0.1, -0.05) is 30.8 Å². The van der Waals surface area contributed by atoms with E-state index in [0.717, 1.165) is 35.2 Å². The summed E-state index contributed by atoms with van der Waals surface area (Å²) in [6.07, 6.45) is -3.05. The topological polar surface area (TPSA) is 62.3 Å². The normalized spacial score (nSPS) is 12.4.